The van der Waals surface area contributed by atoms with Crippen LogP contribution < -0.4 is 4.74 Å². The molecule has 0 saturated heterocycles. The normalized spacial score (nSPS) is 10.1. The standard InChI is InChI=1S/C11H12N4O3/c1-17-9-5-3-8(4-6-9)11-12-13-14-15(11)7-10(16)18-2/h3-6H,7H2,1-2H3. The highest BCUT2D eigenvalue weighted by atomic mass is 16.5. The third-order valence-electron chi connectivity index (χ3n) is 2.39. The Kier molecular flexibility index (Phi) is 3.52. The van der Waals surface area contributed by atoms with Crippen molar-refractivity contribution in [2.75, 3.05) is 14.2 Å². The van der Waals surface area contributed by atoms with Crippen LogP contribution in [-0.4, -0.2) is 40.4 Å². The lowest BCUT2D eigenvalue weighted by atomic mass is 10.2. The van der Waals surface area contributed by atoms with Gasteiger partial charge in [-0.2, -0.15) is 0 Å². The highest BCUT2D eigenvalue weighted by Gasteiger charge is 2.12. The predicted octanol–water partition coefficient (Wildman–Crippen LogP) is 0.522. The zero-order valence-electron chi connectivity index (χ0n) is 10.0. The van der Waals surface area contributed by atoms with Crippen LogP contribution in [-0.2, 0) is 16.1 Å². The summed E-state index contributed by atoms with van der Waals surface area (Å²) in [4.78, 5) is 11.2. The van der Waals surface area contributed by atoms with Crippen molar-refractivity contribution in [3.8, 4) is 17.1 Å². The minimum atomic E-state index is -0.405. The van der Waals surface area contributed by atoms with Crippen LogP contribution in [0.5, 0.6) is 5.75 Å². The van der Waals surface area contributed by atoms with Crippen molar-refractivity contribution in [2.45, 2.75) is 6.54 Å². The number of ether oxygens (including phenoxy) is 2. The van der Waals surface area contributed by atoms with Crippen molar-refractivity contribution in [2.24, 2.45) is 0 Å². The van der Waals surface area contributed by atoms with Gasteiger partial charge in [0.05, 0.1) is 14.2 Å². The summed E-state index contributed by atoms with van der Waals surface area (Å²) in [5.41, 5.74) is 0.796. The molecule has 0 unspecified atom stereocenters. The molecule has 1 aromatic carbocycles. The van der Waals surface area contributed by atoms with E-state index in [0.717, 1.165) is 11.3 Å². The molecule has 0 atom stereocenters. The maximum Gasteiger partial charge on any atom is 0.327 e. The van der Waals surface area contributed by atoms with E-state index in [0.29, 0.717) is 5.82 Å². The van der Waals surface area contributed by atoms with Crippen molar-refractivity contribution < 1.29 is 14.3 Å². The van der Waals surface area contributed by atoms with Gasteiger partial charge in [-0.1, -0.05) is 0 Å². The molecule has 2 aromatic rings. The lowest BCUT2D eigenvalue weighted by molar-refractivity contribution is -0.141. The number of hydrogen-bond acceptors (Lipinski definition) is 6. The van der Waals surface area contributed by atoms with Gasteiger partial charge >= 0.3 is 5.97 Å². The van der Waals surface area contributed by atoms with Gasteiger partial charge in [0.2, 0.25) is 0 Å². The number of carbonyl (C=O) groups excluding carboxylic acids is 1. The summed E-state index contributed by atoms with van der Waals surface area (Å²) in [7, 11) is 2.91. The molecule has 0 spiro atoms. The molecule has 2 rings (SSSR count). The maximum atomic E-state index is 11.2. The van der Waals surface area contributed by atoms with E-state index in [-0.39, 0.29) is 6.54 Å². The fourth-order valence-corrected chi connectivity index (χ4v) is 1.44. The second kappa shape index (κ2) is 5.26. The van der Waals surface area contributed by atoms with Gasteiger partial charge in [-0.15, -0.1) is 5.10 Å². The highest BCUT2D eigenvalue weighted by molar-refractivity contribution is 5.70. The first kappa shape index (κ1) is 12.0. The Balaban J connectivity index is 2.27. The molecule has 1 aromatic heterocycles. The Morgan fingerprint density at radius 3 is 2.61 bits per heavy atom. The van der Waals surface area contributed by atoms with E-state index in [1.165, 1.54) is 11.8 Å². The molecule has 0 fully saturated rings. The van der Waals surface area contributed by atoms with Gasteiger partial charge in [-0.25, -0.2) is 4.68 Å². The summed E-state index contributed by atoms with van der Waals surface area (Å²) in [6.45, 7) is -0.0230. The van der Waals surface area contributed by atoms with E-state index in [1.54, 1.807) is 19.2 Å². The largest absolute Gasteiger partial charge is 0.497 e. The predicted molar refractivity (Wildman–Crippen MR) is 61.8 cm³/mol. The monoisotopic (exact) mass is 248 g/mol. The molecule has 0 radical (unpaired) electrons. The second-order valence-electron chi connectivity index (χ2n) is 3.46. The van der Waals surface area contributed by atoms with Crippen molar-refractivity contribution >= 4 is 5.97 Å². The molecule has 0 aliphatic carbocycles. The number of carbonyl (C=O) groups is 1. The van der Waals surface area contributed by atoms with Crippen molar-refractivity contribution in [3.05, 3.63) is 24.3 Å². The number of nitrogens with zero attached hydrogens (tertiary/aromatic N) is 4. The van der Waals surface area contributed by atoms with Crippen LogP contribution in [0, 0.1) is 0 Å². The molecule has 0 N–H and O–H groups in total. The fourth-order valence-electron chi connectivity index (χ4n) is 1.44. The zero-order chi connectivity index (χ0) is 13.0. The lowest BCUT2D eigenvalue weighted by Gasteiger charge is -2.04. The molecular formula is C11H12N4O3. The minimum Gasteiger partial charge on any atom is -0.497 e. The number of methoxy groups -OCH3 is 2. The van der Waals surface area contributed by atoms with Crippen LogP contribution in [0.15, 0.2) is 24.3 Å². The van der Waals surface area contributed by atoms with E-state index >= 15 is 0 Å². The SMILES string of the molecule is COC(=O)Cn1nnnc1-c1ccc(OC)cc1. The van der Waals surface area contributed by atoms with Crippen LogP contribution in [0.4, 0.5) is 0 Å². The molecule has 1 heterocycles. The van der Waals surface area contributed by atoms with E-state index in [2.05, 4.69) is 20.3 Å². The molecule has 94 valence electrons. The maximum absolute atomic E-state index is 11.2. The Morgan fingerprint density at radius 1 is 1.28 bits per heavy atom. The smallest absolute Gasteiger partial charge is 0.327 e. The lowest BCUT2D eigenvalue weighted by Crippen LogP contribution is -2.13. The molecule has 0 bridgehead atoms. The quantitative estimate of drug-likeness (QED) is 0.734. The van der Waals surface area contributed by atoms with Crippen LogP contribution in [0.25, 0.3) is 11.4 Å². The molecule has 7 heteroatoms. The second-order valence-corrected chi connectivity index (χ2v) is 3.46. The van der Waals surface area contributed by atoms with E-state index < -0.39 is 5.97 Å². The number of aromatic nitrogens is 4. The van der Waals surface area contributed by atoms with E-state index in [1.807, 2.05) is 12.1 Å². The van der Waals surface area contributed by atoms with Crippen molar-refractivity contribution in [1.82, 2.24) is 20.2 Å². The van der Waals surface area contributed by atoms with Crippen LogP contribution in [0.3, 0.4) is 0 Å². The summed E-state index contributed by atoms with van der Waals surface area (Å²) >= 11 is 0. The first-order valence-electron chi connectivity index (χ1n) is 5.22. The van der Waals surface area contributed by atoms with Gasteiger partial charge in [-0.3, -0.25) is 4.79 Å². The molecule has 0 amide bonds. The van der Waals surface area contributed by atoms with Crippen LogP contribution in [0.1, 0.15) is 0 Å². The third-order valence-corrected chi connectivity index (χ3v) is 2.39. The van der Waals surface area contributed by atoms with Gasteiger partial charge in [0.25, 0.3) is 0 Å². The Bertz CT molecular complexity index is 535. The number of rotatable bonds is 4. The number of hydrogen-bond donors (Lipinski definition) is 0. The van der Waals surface area contributed by atoms with Gasteiger partial charge < -0.3 is 9.47 Å². The summed E-state index contributed by atoms with van der Waals surface area (Å²) in [6, 6.07) is 7.23. The number of esters is 1. The Morgan fingerprint density at radius 2 is 2.00 bits per heavy atom. The molecular weight excluding hydrogens is 236 g/mol. The average molecular weight is 248 g/mol. The summed E-state index contributed by atoms with van der Waals surface area (Å²) in [5.74, 6) is 0.839. The number of tetrazole rings is 1. The summed E-state index contributed by atoms with van der Waals surface area (Å²) < 4.78 is 11.0. The van der Waals surface area contributed by atoms with E-state index in [4.69, 9.17) is 4.74 Å². The van der Waals surface area contributed by atoms with Gasteiger partial charge in [0, 0.05) is 5.56 Å². The Labute approximate surface area is 103 Å². The minimum absolute atomic E-state index is 0.0230. The van der Waals surface area contributed by atoms with Crippen molar-refractivity contribution in [1.29, 1.82) is 0 Å². The van der Waals surface area contributed by atoms with Crippen LogP contribution >= 0.6 is 0 Å². The first-order valence-corrected chi connectivity index (χ1v) is 5.22. The van der Waals surface area contributed by atoms with Gasteiger partial charge in [0.15, 0.2) is 5.82 Å². The van der Waals surface area contributed by atoms with Crippen molar-refractivity contribution in [3.63, 3.8) is 0 Å². The molecule has 7 nitrogen and oxygen atoms in total. The van der Waals surface area contributed by atoms with E-state index in [9.17, 15) is 4.79 Å². The third kappa shape index (κ3) is 2.45. The summed E-state index contributed by atoms with van der Waals surface area (Å²) in [5, 5.41) is 11.2. The Hall–Kier alpha value is -2.44. The fraction of sp³-hybridized carbons (Fsp3) is 0.273. The highest BCUT2D eigenvalue weighted by Crippen LogP contribution is 2.19. The number of benzene rings is 1. The van der Waals surface area contributed by atoms with Gasteiger partial charge in [0.1, 0.15) is 12.3 Å². The molecule has 0 aliphatic heterocycles. The molecule has 18 heavy (non-hydrogen) atoms. The topological polar surface area (TPSA) is 79.1 Å². The zero-order valence-corrected chi connectivity index (χ0v) is 10.0. The van der Waals surface area contributed by atoms with Crippen LogP contribution in [0.2, 0.25) is 0 Å². The molecule has 0 aliphatic rings. The average Bonchev–Trinajstić information content (AvgIpc) is 2.86. The first-order chi connectivity index (χ1) is 8.74. The summed E-state index contributed by atoms with van der Waals surface area (Å²) in [6.07, 6.45) is 0. The van der Waals surface area contributed by atoms with Gasteiger partial charge in [-0.05, 0) is 34.7 Å². The molecule has 0 saturated carbocycles.